The molecule has 4 heteroatoms. The molecule has 1 N–H and O–H groups in total. The van der Waals surface area contributed by atoms with Crippen molar-refractivity contribution < 1.29 is 19.4 Å². The first kappa shape index (κ1) is 29.5. The summed E-state index contributed by atoms with van der Waals surface area (Å²) in [5.74, 6) is 0.267. The third-order valence-corrected chi connectivity index (χ3v) is 7.29. The number of benzene rings is 4. The molecule has 4 rings (SSSR count). The molecule has 0 aromatic heterocycles. The highest BCUT2D eigenvalue weighted by Crippen LogP contribution is 2.24. The molecular weight excluding hydrogens is 508 g/mol. The molecule has 0 saturated heterocycles. The zero-order valence-corrected chi connectivity index (χ0v) is 23.7. The summed E-state index contributed by atoms with van der Waals surface area (Å²) in [5.41, 5.74) is 5.71. The number of aryl methyl sites for hydroxylation is 2. The van der Waals surface area contributed by atoms with Crippen LogP contribution in [0.5, 0.6) is 5.75 Å². The zero-order valence-electron chi connectivity index (χ0n) is 23.7. The average Bonchev–Trinajstić information content (AvgIpc) is 3.00. The number of ketones is 1. The molecule has 0 amide bonds. The minimum atomic E-state index is -0.918. The van der Waals surface area contributed by atoms with Crippen LogP contribution in [0.25, 0.3) is 6.08 Å². The summed E-state index contributed by atoms with van der Waals surface area (Å²) in [6.45, 7) is 2.26. The zero-order chi connectivity index (χ0) is 28.9. The number of unbranched alkanes of at least 4 members (excludes halogenated alkanes) is 1. The molecule has 0 aliphatic rings. The molecule has 0 spiro atoms. The van der Waals surface area contributed by atoms with E-state index >= 15 is 0 Å². The van der Waals surface area contributed by atoms with Crippen molar-refractivity contribution in [3.05, 3.63) is 143 Å². The highest BCUT2D eigenvalue weighted by Gasteiger charge is 2.10. The molecule has 210 valence electrons. The van der Waals surface area contributed by atoms with Crippen molar-refractivity contribution in [1.29, 1.82) is 0 Å². The van der Waals surface area contributed by atoms with Crippen molar-refractivity contribution in [1.82, 2.24) is 0 Å². The minimum Gasteiger partial charge on any atom is -0.493 e. The second-order valence-corrected chi connectivity index (χ2v) is 10.4. The predicted octanol–water partition coefficient (Wildman–Crippen LogP) is 8.49. The summed E-state index contributed by atoms with van der Waals surface area (Å²) in [6, 6.07) is 33.6. The van der Waals surface area contributed by atoms with Gasteiger partial charge in [-0.25, -0.2) is 4.79 Å². The molecule has 0 saturated carbocycles. The fourth-order valence-electron chi connectivity index (χ4n) is 4.86. The van der Waals surface area contributed by atoms with Gasteiger partial charge in [0.15, 0.2) is 5.78 Å². The van der Waals surface area contributed by atoms with Crippen molar-refractivity contribution in [2.24, 2.45) is 5.92 Å². The van der Waals surface area contributed by atoms with Gasteiger partial charge in [-0.2, -0.15) is 0 Å². The largest absolute Gasteiger partial charge is 0.493 e. The molecular formula is C37H38O4. The standard InChI is InChI=1S/C37H38O4/c1-28(38)33-21-16-30(17-22-33)14-15-31(27-32-19-24-35(25-20-32)37(39)40)18-23-34-12-5-6-13-36(34)41-26-8-7-11-29-9-3-2-4-10-29/h2-6,9-10,12-13,16-25,31H,7-8,11,14-15,26-27H2,1H3,(H,39,40)/b23-18+. The maximum Gasteiger partial charge on any atom is 0.335 e. The maximum atomic E-state index is 11.6. The normalized spacial score (nSPS) is 11.8. The van der Waals surface area contributed by atoms with E-state index in [1.165, 1.54) is 11.1 Å². The molecule has 0 fully saturated rings. The molecule has 1 atom stereocenters. The Labute approximate surface area is 243 Å². The molecule has 1 unspecified atom stereocenters. The van der Waals surface area contributed by atoms with Gasteiger partial charge < -0.3 is 9.84 Å². The van der Waals surface area contributed by atoms with Crippen LogP contribution in [-0.2, 0) is 19.3 Å². The molecule has 4 nitrogen and oxygen atoms in total. The second-order valence-electron chi connectivity index (χ2n) is 10.4. The molecule has 0 heterocycles. The van der Waals surface area contributed by atoms with Crippen molar-refractivity contribution in [3.8, 4) is 5.75 Å². The van der Waals surface area contributed by atoms with Crippen LogP contribution in [0.3, 0.4) is 0 Å². The molecule has 4 aromatic rings. The highest BCUT2D eigenvalue weighted by molar-refractivity contribution is 5.94. The van der Waals surface area contributed by atoms with Crippen LogP contribution < -0.4 is 4.74 Å². The number of aromatic carboxylic acids is 1. The monoisotopic (exact) mass is 546 g/mol. The molecule has 41 heavy (non-hydrogen) atoms. The number of para-hydroxylation sites is 1. The lowest BCUT2D eigenvalue weighted by Gasteiger charge is -2.15. The Hall–Kier alpha value is -4.44. The molecule has 4 aromatic carbocycles. The Balaban J connectivity index is 1.41. The van der Waals surface area contributed by atoms with Crippen LogP contribution >= 0.6 is 0 Å². The molecule has 0 aliphatic heterocycles. The number of allylic oxidation sites excluding steroid dienone is 1. The van der Waals surface area contributed by atoms with Gasteiger partial charge in [-0.15, -0.1) is 0 Å². The van der Waals surface area contributed by atoms with Gasteiger partial charge in [0.1, 0.15) is 5.75 Å². The quantitative estimate of drug-likeness (QED) is 0.120. The maximum absolute atomic E-state index is 11.6. The van der Waals surface area contributed by atoms with E-state index in [2.05, 4.69) is 42.5 Å². The van der Waals surface area contributed by atoms with E-state index in [9.17, 15) is 14.7 Å². The number of carbonyl (C=O) groups excluding carboxylic acids is 1. The first-order valence-electron chi connectivity index (χ1n) is 14.3. The van der Waals surface area contributed by atoms with E-state index in [4.69, 9.17) is 4.74 Å². The third-order valence-electron chi connectivity index (χ3n) is 7.29. The first-order valence-corrected chi connectivity index (χ1v) is 14.3. The van der Waals surface area contributed by atoms with Crippen molar-refractivity contribution >= 4 is 17.8 Å². The Morgan fingerprint density at radius 2 is 1.37 bits per heavy atom. The van der Waals surface area contributed by atoms with E-state index in [1.807, 2.05) is 60.7 Å². The topological polar surface area (TPSA) is 63.6 Å². The van der Waals surface area contributed by atoms with Gasteiger partial charge in [0.25, 0.3) is 0 Å². The van der Waals surface area contributed by atoms with Gasteiger partial charge in [-0.1, -0.05) is 97.1 Å². The van der Waals surface area contributed by atoms with Crippen LogP contribution in [0.1, 0.15) is 69.2 Å². The van der Waals surface area contributed by atoms with Gasteiger partial charge in [0.2, 0.25) is 0 Å². The van der Waals surface area contributed by atoms with Gasteiger partial charge in [0, 0.05) is 11.1 Å². The highest BCUT2D eigenvalue weighted by atomic mass is 16.5. The number of carboxylic acids is 1. The van der Waals surface area contributed by atoms with Crippen LogP contribution in [-0.4, -0.2) is 23.5 Å². The number of carboxylic acid groups (broad SMARTS) is 1. The lowest BCUT2D eigenvalue weighted by atomic mass is 9.91. The number of ether oxygens (including phenoxy) is 1. The Morgan fingerprint density at radius 1 is 0.732 bits per heavy atom. The summed E-state index contributed by atoms with van der Waals surface area (Å²) in [6.07, 6.45) is 10.1. The molecule has 0 radical (unpaired) electrons. The lowest BCUT2D eigenvalue weighted by Crippen LogP contribution is -2.05. The Bertz CT molecular complexity index is 1420. The van der Waals surface area contributed by atoms with Gasteiger partial charge >= 0.3 is 5.97 Å². The molecule has 0 bridgehead atoms. The van der Waals surface area contributed by atoms with Gasteiger partial charge in [-0.05, 0) is 86.3 Å². The van der Waals surface area contributed by atoms with Crippen LogP contribution in [0.15, 0.2) is 109 Å². The van der Waals surface area contributed by atoms with Crippen LogP contribution in [0, 0.1) is 5.92 Å². The number of Topliss-reactive ketones (excluding diaryl/α,β-unsaturated/α-hetero) is 1. The second kappa shape index (κ2) is 15.4. The summed E-state index contributed by atoms with van der Waals surface area (Å²) in [4.78, 5) is 22.9. The summed E-state index contributed by atoms with van der Waals surface area (Å²) >= 11 is 0. The fourth-order valence-corrected chi connectivity index (χ4v) is 4.86. The number of rotatable bonds is 15. The SMILES string of the molecule is CC(=O)c1ccc(CCC(/C=C/c2ccccc2OCCCCc2ccccc2)Cc2ccc(C(=O)O)cc2)cc1. The summed E-state index contributed by atoms with van der Waals surface area (Å²) in [7, 11) is 0. The van der Waals surface area contributed by atoms with Gasteiger partial charge in [-0.3, -0.25) is 4.79 Å². The fraction of sp³-hybridized carbons (Fsp3) is 0.243. The van der Waals surface area contributed by atoms with Crippen LogP contribution in [0.4, 0.5) is 0 Å². The smallest absolute Gasteiger partial charge is 0.335 e. The first-order chi connectivity index (χ1) is 20.0. The van der Waals surface area contributed by atoms with Gasteiger partial charge in [0.05, 0.1) is 12.2 Å². The predicted molar refractivity (Wildman–Crippen MR) is 166 cm³/mol. The lowest BCUT2D eigenvalue weighted by molar-refractivity contribution is 0.0696. The number of hydrogen-bond donors (Lipinski definition) is 1. The van der Waals surface area contributed by atoms with E-state index < -0.39 is 5.97 Å². The van der Waals surface area contributed by atoms with E-state index in [-0.39, 0.29) is 11.7 Å². The van der Waals surface area contributed by atoms with Crippen molar-refractivity contribution in [2.45, 2.75) is 45.4 Å². The van der Waals surface area contributed by atoms with Crippen molar-refractivity contribution in [2.75, 3.05) is 6.61 Å². The van der Waals surface area contributed by atoms with E-state index in [0.717, 1.165) is 61.0 Å². The number of hydrogen-bond acceptors (Lipinski definition) is 3. The Morgan fingerprint density at radius 3 is 2.07 bits per heavy atom. The Kier molecular flexibility index (Phi) is 11.1. The summed E-state index contributed by atoms with van der Waals surface area (Å²) in [5, 5.41) is 9.26. The van der Waals surface area contributed by atoms with E-state index in [1.54, 1.807) is 19.1 Å². The van der Waals surface area contributed by atoms with Crippen molar-refractivity contribution in [3.63, 3.8) is 0 Å². The number of carbonyl (C=O) groups is 2. The van der Waals surface area contributed by atoms with E-state index in [0.29, 0.717) is 12.2 Å². The molecule has 0 aliphatic carbocycles. The minimum absolute atomic E-state index is 0.0687. The average molecular weight is 547 g/mol. The third kappa shape index (κ3) is 9.61. The van der Waals surface area contributed by atoms with Crippen LogP contribution in [0.2, 0.25) is 0 Å². The summed E-state index contributed by atoms with van der Waals surface area (Å²) < 4.78 is 6.19.